The Kier molecular flexibility index (Phi) is 5.90. The van der Waals surface area contributed by atoms with E-state index < -0.39 is 11.9 Å². The largest absolute Gasteiger partial charge is 0.341 e. The molecule has 7 nitrogen and oxygen atoms in total. The van der Waals surface area contributed by atoms with Gasteiger partial charge in [-0.1, -0.05) is 19.4 Å². The molecular weight excluding hydrogens is 320 g/mol. The minimum atomic E-state index is -0.712. The maximum absolute atomic E-state index is 12.7. The van der Waals surface area contributed by atoms with E-state index in [4.69, 9.17) is 5.26 Å². The Labute approximate surface area is 145 Å². The van der Waals surface area contributed by atoms with Gasteiger partial charge in [-0.2, -0.15) is 5.26 Å². The molecule has 0 saturated carbocycles. The first-order chi connectivity index (χ1) is 12.0. The lowest BCUT2D eigenvalue weighted by Gasteiger charge is -2.17. The van der Waals surface area contributed by atoms with Crippen LogP contribution in [-0.4, -0.2) is 34.9 Å². The van der Waals surface area contributed by atoms with E-state index in [-0.39, 0.29) is 18.4 Å². The molecule has 0 aliphatic rings. The first-order valence-corrected chi connectivity index (χ1v) is 8.06. The van der Waals surface area contributed by atoms with Crippen molar-refractivity contribution in [1.29, 1.82) is 5.26 Å². The number of hydrogen-bond acceptors (Lipinski definition) is 4. The van der Waals surface area contributed by atoms with E-state index in [1.807, 2.05) is 13.0 Å². The summed E-state index contributed by atoms with van der Waals surface area (Å²) in [7, 11) is 0. The molecule has 130 valence electrons. The molecule has 1 aromatic carbocycles. The van der Waals surface area contributed by atoms with Gasteiger partial charge in [-0.05, 0) is 24.6 Å². The third kappa shape index (κ3) is 4.04. The van der Waals surface area contributed by atoms with Gasteiger partial charge in [0.2, 0.25) is 11.8 Å². The fourth-order valence-electron chi connectivity index (χ4n) is 2.68. The monoisotopic (exact) mass is 340 g/mol. The number of carbonyl (C=O) groups excluding carboxylic acids is 3. The molecule has 2 aromatic rings. The maximum Gasteiger partial charge on any atom is 0.252 e. The Morgan fingerprint density at radius 3 is 2.68 bits per heavy atom. The van der Waals surface area contributed by atoms with Gasteiger partial charge in [0.05, 0.1) is 11.6 Å². The summed E-state index contributed by atoms with van der Waals surface area (Å²) in [6.45, 7) is 3.25. The number of amides is 2. The van der Waals surface area contributed by atoms with Crippen LogP contribution in [0.25, 0.3) is 10.9 Å². The fourth-order valence-corrected chi connectivity index (χ4v) is 2.68. The van der Waals surface area contributed by atoms with Crippen molar-refractivity contribution in [3.05, 3.63) is 36.0 Å². The molecule has 2 N–H and O–H groups in total. The summed E-state index contributed by atoms with van der Waals surface area (Å²) in [4.78, 5) is 36.4. The third-order valence-electron chi connectivity index (χ3n) is 3.86. The van der Waals surface area contributed by atoms with Crippen LogP contribution in [0.15, 0.2) is 30.5 Å². The molecule has 0 aliphatic heterocycles. The van der Waals surface area contributed by atoms with Crippen LogP contribution in [0.4, 0.5) is 0 Å². The Morgan fingerprint density at radius 2 is 2.04 bits per heavy atom. The summed E-state index contributed by atoms with van der Waals surface area (Å²) >= 11 is 0. The van der Waals surface area contributed by atoms with Crippen molar-refractivity contribution in [2.75, 3.05) is 6.54 Å². The van der Waals surface area contributed by atoms with Crippen LogP contribution in [0, 0.1) is 11.3 Å². The van der Waals surface area contributed by atoms with E-state index in [2.05, 4.69) is 10.6 Å². The van der Waals surface area contributed by atoms with Crippen LogP contribution in [0.2, 0.25) is 0 Å². The van der Waals surface area contributed by atoms with Gasteiger partial charge < -0.3 is 10.6 Å². The van der Waals surface area contributed by atoms with Crippen molar-refractivity contribution in [3.8, 4) is 6.07 Å². The average molecular weight is 340 g/mol. The number of nitrogens with zero attached hydrogens (tertiary/aromatic N) is 2. The molecule has 0 fully saturated rings. The van der Waals surface area contributed by atoms with Crippen LogP contribution in [0.5, 0.6) is 0 Å². The molecule has 1 unspecified atom stereocenters. The molecule has 1 atom stereocenters. The molecule has 1 aromatic heterocycles. The van der Waals surface area contributed by atoms with Gasteiger partial charge in [-0.3, -0.25) is 19.0 Å². The Morgan fingerprint density at radius 1 is 1.28 bits per heavy atom. The number of carbonyl (C=O) groups is 3. The number of aromatic nitrogens is 1. The van der Waals surface area contributed by atoms with Crippen molar-refractivity contribution in [2.45, 2.75) is 32.7 Å². The number of nitriles is 1. The van der Waals surface area contributed by atoms with Gasteiger partial charge in [-0.15, -0.1) is 0 Å². The highest BCUT2D eigenvalue weighted by Crippen LogP contribution is 2.20. The third-order valence-corrected chi connectivity index (χ3v) is 3.86. The number of fused-ring (bicyclic) bond motifs is 1. The number of hydrogen-bond donors (Lipinski definition) is 2. The van der Waals surface area contributed by atoms with E-state index in [9.17, 15) is 14.4 Å². The average Bonchev–Trinajstić information content (AvgIpc) is 3.03. The van der Waals surface area contributed by atoms with Crippen molar-refractivity contribution in [1.82, 2.24) is 15.2 Å². The quantitative estimate of drug-likeness (QED) is 0.783. The number of rotatable bonds is 6. The number of nitrogens with one attached hydrogen (secondary N) is 2. The molecule has 7 heteroatoms. The Bertz CT molecular complexity index is 848. The highest BCUT2D eigenvalue weighted by molar-refractivity contribution is 6.09. The molecule has 2 amide bonds. The van der Waals surface area contributed by atoms with Gasteiger partial charge in [0, 0.05) is 24.1 Å². The smallest absolute Gasteiger partial charge is 0.252 e. The zero-order valence-electron chi connectivity index (χ0n) is 14.2. The number of benzene rings is 1. The van der Waals surface area contributed by atoms with Crippen molar-refractivity contribution >= 4 is 28.6 Å². The lowest BCUT2D eigenvalue weighted by Crippen LogP contribution is -2.46. The molecule has 1 heterocycles. The standard InChI is InChI=1S/C18H20N4O3/c1-3-5-15(18(25)20-10-9-19)21-17(24)14-6-4-7-16-13(14)8-11-22(16)12(2)23/h4,6-8,11,15H,3,5,10H2,1-2H3,(H,20,25)(H,21,24). The van der Waals surface area contributed by atoms with Crippen LogP contribution in [0.1, 0.15) is 41.8 Å². The molecule has 0 radical (unpaired) electrons. The SMILES string of the molecule is CCCC(NC(=O)c1cccc2c1ccn2C(C)=O)C(=O)NCC#N. The summed E-state index contributed by atoms with van der Waals surface area (Å²) in [6.07, 6.45) is 2.79. The lowest BCUT2D eigenvalue weighted by atomic mass is 10.1. The summed E-state index contributed by atoms with van der Waals surface area (Å²) in [6, 6.07) is 7.94. The second-order valence-electron chi connectivity index (χ2n) is 5.63. The summed E-state index contributed by atoms with van der Waals surface area (Å²) in [5, 5.41) is 14.4. The molecule has 0 bridgehead atoms. The van der Waals surface area contributed by atoms with Gasteiger partial charge in [0.15, 0.2) is 0 Å². The molecule has 0 aliphatic carbocycles. The van der Waals surface area contributed by atoms with Crippen LogP contribution >= 0.6 is 0 Å². The van der Waals surface area contributed by atoms with Crippen LogP contribution in [-0.2, 0) is 4.79 Å². The molecule has 0 spiro atoms. The predicted molar refractivity (Wildman–Crippen MR) is 93.0 cm³/mol. The second kappa shape index (κ2) is 8.11. The Balaban J connectivity index is 2.27. The van der Waals surface area contributed by atoms with Crippen LogP contribution in [0.3, 0.4) is 0 Å². The zero-order chi connectivity index (χ0) is 18.4. The van der Waals surface area contributed by atoms with Gasteiger partial charge in [0.1, 0.15) is 12.6 Å². The normalized spacial score (nSPS) is 11.6. The Hall–Kier alpha value is -3.14. The highest BCUT2D eigenvalue weighted by atomic mass is 16.2. The maximum atomic E-state index is 12.7. The van der Waals surface area contributed by atoms with E-state index in [1.165, 1.54) is 11.5 Å². The van der Waals surface area contributed by atoms with Crippen molar-refractivity contribution in [2.24, 2.45) is 0 Å². The minimum absolute atomic E-state index is 0.105. The van der Waals surface area contributed by atoms with E-state index in [1.54, 1.807) is 30.5 Å². The summed E-state index contributed by atoms with van der Waals surface area (Å²) < 4.78 is 1.47. The first-order valence-electron chi connectivity index (χ1n) is 8.06. The van der Waals surface area contributed by atoms with Gasteiger partial charge in [-0.25, -0.2) is 0 Å². The molecular formula is C18H20N4O3. The topological polar surface area (TPSA) is 104 Å². The molecule has 2 rings (SSSR count). The zero-order valence-corrected chi connectivity index (χ0v) is 14.2. The second-order valence-corrected chi connectivity index (χ2v) is 5.63. The minimum Gasteiger partial charge on any atom is -0.341 e. The highest BCUT2D eigenvalue weighted by Gasteiger charge is 2.22. The van der Waals surface area contributed by atoms with Crippen LogP contribution < -0.4 is 10.6 Å². The summed E-state index contributed by atoms with van der Waals surface area (Å²) in [5.41, 5.74) is 1.04. The van der Waals surface area contributed by atoms with Gasteiger partial charge >= 0.3 is 0 Å². The lowest BCUT2D eigenvalue weighted by molar-refractivity contribution is -0.122. The molecule has 0 saturated heterocycles. The van der Waals surface area contributed by atoms with Crippen molar-refractivity contribution < 1.29 is 14.4 Å². The fraction of sp³-hybridized carbons (Fsp3) is 0.333. The van der Waals surface area contributed by atoms with E-state index in [0.29, 0.717) is 29.3 Å². The summed E-state index contributed by atoms with van der Waals surface area (Å²) in [5.74, 6) is -0.921. The molecule has 25 heavy (non-hydrogen) atoms. The van der Waals surface area contributed by atoms with E-state index >= 15 is 0 Å². The van der Waals surface area contributed by atoms with E-state index in [0.717, 1.165) is 0 Å². The van der Waals surface area contributed by atoms with Crippen molar-refractivity contribution in [3.63, 3.8) is 0 Å². The predicted octanol–water partition coefficient (Wildman–Crippen LogP) is 1.84. The first kappa shape index (κ1) is 18.2. The van der Waals surface area contributed by atoms with Gasteiger partial charge in [0.25, 0.3) is 5.91 Å².